The standard InChI is InChI=1S/C26H38N4O/c1-3-30-19-25(20(2)28-30)18-29-14-12-23(13-15-29)16-22-6-4-21(5-7-22)10-11-26(31)27-17-24-8-9-24/h4-7,19,23-24H,3,8-18H2,1-2H3,(H,27,31). The zero-order valence-electron chi connectivity index (χ0n) is 19.3. The maximum Gasteiger partial charge on any atom is 0.220 e. The number of carbonyl (C=O) groups is 1. The second kappa shape index (κ2) is 10.4. The first-order valence-corrected chi connectivity index (χ1v) is 12.2. The number of hydrogen-bond acceptors (Lipinski definition) is 3. The minimum absolute atomic E-state index is 0.194. The van der Waals surface area contributed by atoms with Gasteiger partial charge in [0.15, 0.2) is 0 Å². The number of hydrogen-bond donors (Lipinski definition) is 1. The van der Waals surface area contributed by atoms with E-state index in [9.17, 15) is 4.79 Å². The molecule has 0 atom stereocenters. The van der Waals surface area contributed by atoms with Crippen LogP contribution in [0.5, 0.6) is 0 Å². The Morgan fingerprint density at radius 2 is 1.77 bits per heavy atom. The van der Waals surface area contributed by atoms with Crippen molar-refractivity contribution in [1.82, 2.24) is 20.0 Å². The Morgan fingerprint density at radius 1 is 1.06 bits per heavy atom. The summed E-state index contributed by atoms with van der Waals surface area (Å²) in [5.41, 5.74) is 5.24. The molecule has 1 aromatic carbocycles. The fourth-order valence-corrected chi connectivity index (χ4v) is 4.57. The maximum absolute atomic E-state index is 11.9. The van der Waals surface area contributed by atoms with E-state index >= 15 is 0 Å². The monoisotopic (exact) mass is 422 g/mol. The lowest BCUT2D eigenvalue weighted by Crippen LogP contribution is -2.33. The van der Waals surface area contributed by atoms with Crippen molar-refractivity contribution in [2.24, 2.45) is 11.8 Å². The van der Waals surface area contributed by atoms with Crippen molar-refractivity contribution in [3.05, 3.63) is 52.8 Å². The summed E-state index contributed by atoms with van der Waals surface area (Å²) in [5.74, 6) is 1.72. The van der Waals surface area contributed by atoms with E-state index in [4.69, 9.17) is 0 Å². The molecular formula is C26H38N4O. The summed E-state index contributed by atoms with van der Waals surface area (Å²) in [6, 6.07) is 8.97. The van der Waals surface area contributed by atoms with Crippen molar-refractivity contribution in [1.29, 1.82) is 0 Å². The van der Waals surface area contributed by atoms with Gasteiger partial charge in [0.1, 0.15) is 0 Å². The first-order valence-electron chi connectivity index (χ1n) is 12.2. The van der Waals surface area contributed by atoms with Crippen molar-refractivity contribution < 1.29 is 4.79 Å². The molecule has 0 bridgehead atoms. The summed E-state index contributed by atoms with van der Waals surface area (Å²) in [6.45, 7) is 9.46. The van der Waals surface area contributed by atoms with E-state index in [0.717, 1.165) is 37.9 Å². The van der Waals surface area contributed by atoms with Gasteiger partial charge in [-0.05, 0) is 88.4 Å². The molecule has 2 aromatic rings. The Morgan fingerprint density at radius 3 is 2.42 bits per heavy atom. The molecule has 1 saturated heterocycles. The van der Waals surface area contributed by atoms with Gasteiger partial charge in [-0.2, -0.15) is 5.10 Å². The first kappa shape index (κ1) is 22.1. The highest BCUT2D eigenvalue weighted by atomic mass is 16.1. The van der Waals surface area contributed by atoms with Gasteiger partial charge in [-0.15, -0.1) is 0 Å². The zero-order valence-corrected chi connectivity index (χ0v) is 19.3. The molecule has 2 heterocycles. The summed E-state index contributed by atoms with van der Waals surface area (Å²) in [4.78, 5) is 14.5. The number of carbonyl (C=O) groups excluding carboxylic acids is 1. The molecule has 5 nitrogen and oxygen atoms in total. The topological polar surface area (TPSA) is 50.2 Å². The normalized spacial score (nSPS) is 17.7. The summed E-state index contributed by atoms with van der Waals surface area (Å²) in [5, 5.41) is 7.64. The Balaban J connectivity index is 1.17. The van der Waals surface area contributed by atoms with Crippen LogP contribution >= 0.6 is 0 Å². The predicted octanol–water partition coefficient (Wildman–Crippen LogP) is 4.12. The van der Waals surface area contributed by atoms with Crippen LogP contribution in [0.1, 0.15) is 61.4 Å². The smallest absolute Gasteiger partial charge is 0.220 e. The Labute approximate surface area is 187 Å². The first-order chi connectivity index (χ1) is 15.1. The minimum atomic E-state index is 0.194. The molecule has 2 fully saturated rings. The van der Waals surface area contributed by atoms with E-state index in [-0.39, 0.29) is 5.91 Å². The molecule has 1 aliphatic heterocycles. The van der Waals surface area contributed by atoms with Crippen LogP contribution in [0.2, 0.25) is 0 Å². The van der Waals surface area contributed by atoms with E-state index < -0.39 is 0 Å². The molecular weight excluding hydrogens is 384 g/mol. The Bertz CT molecular complexity index is 845. The number of aryl methyl sites for hydroxylation is 3. The van der Waals surface area contributed by atoms with Crippen molar-refractivity contribution in [2.45, 2.75) is 71.9 Å². The van der Waals surface area contributed by atoms with Crippen molar-refractivity contribution in [2.75, 3.05) is 19.6 Å². The van der Waals surface area contributed by atoms with E-state index in [1.807, 2.05) is 4.68 Å². The number of aromatic nitrogens is 2. The second-order valence-electron chi connectivity index (χ2n) is 9.58. The lowest BCUT2D eigenvalue weighted by atomic mass is 9.89. The van der Waals surface area contributed by atoms with Crippen molar-refractivity contribution >= 4 is 5.91 Å². The van der Waals surface area contributed by atoms with Gasteiger partial charge in [0.05, 0.1) is 5.69 Å². The maximum atomic E-state index is 11.9. The summed E-state index contributed by atoms with van der Waals surface area (Å²) in [6.07, 6.45) is 9.91. The summed E-state index contributed by atoms with van der Waals surface area (Å²) >= 11 is 0. The molecule has 1 amide bonds. The highest BCUT2D eigenvalue weighted by molar-refractivity contribution is 5.76. The van der Waals surface area contributed by atoms with Gasteiger partial charge in [0, 0.05) is 37.8 Å². The molecule has 1 aromatic heterocycles. The highest BCUT2D eigenvalue weighted by Crippen LogP contribution is 2.27. The average molecular weight is 423 g/mol. The molecule has 0 spiro atoms. The predicted molar refractivity (Wildman–Crippen MR) is 125 cm³/mol. The van der Waals surface area contributed by atoms with Gasteiger partial charge in [0.2, 0.25) is 5.91 Å². The van der Waals surface area contributed by atoms with Crippen molar-refractivity contribution in [3.63, 3.8) is 0 Å². The average Bonchev–Trinajstić information content (AvgIpc) is 3.55. The third-order valence-electron chi connectivity index (χ3n) is 6.95. The van der Waals surface area contributed by atoms with Crippen LogP contribution in [-0.2, 0) is 30.7 Å². The van der Waals surface area contributed by atoms with Crippen LogP contribution in [0.25, 0.3) is 0 Å². The summed E-state index contributed by atoms with van der Waals surface area (Å²) < 4.78 is 2.04. The number of piperidine rings is 1. The van der Waals surface area contributed by atoms with Gasteiger partial charge in [0.25, 0.3) is 0 Å². The third kappa shape index (κ3) is 6.67. The second-order valence-corrected chi connectivity index (χ2v) is 9.58. The van der Waals surface area contributed by atoms with Crippen molar-refractivity contribution in [3.8, 4) is 0 Å². The van der Waals surface area contributed by atoms with Gasteiger partial charge >= 0.3 is 0 Å². The molecule has 4 rings (SSSR count). The van der Waals surface area contributed by atoms with E-state index in [0.29, 0.717) is 6.42 Å². The molecule has 5 heteroatoms. The number of rotatable bonds is 10. The highest BCUT2D eigenvalue weighted by Gasteiger charge is 2.22. The third-order valence-corrected chi connectivity index (χ3v) is 6.95. The fraction of sp³-hybridized carbons (Fsp3) is 0.615. The number of benzene rings is 1. The van der Waals surface area contributed by atoms with E-state index in [2.05, 4.69) is 59.6 Å². The van der Waals surface area contributed by atoms with Gasteiger partial charge in [-0.1, -0.05) is 24.3 Å². The quantitative estimate of drug-likeness (QED) is 0.626. The Hall–Kier alpha value is -2.14. The molecule has 1 saturated carbocycles. The number of amides is 1. The molecule has 0 radical (unpaired) electrons. The summed E-state index contributed by atoms with van der Waals surface area (Å²) in [7, 11) is 0. The minimum Gasteiger partial charge on any atom is -0.356 e. The SMILES string of the molecule is CCn1cc(CN2CCC(Cc3ccc(CCC(=O)NCC4CC4)cc3)CC2)c(C)n1. The van der Waals surface area contributed by atoms with E-state index in [1.54, 1.807) is 0 Å². The van der Waals surface area contributed by atoms with E-state index in [1.165, 1.54) is 67.6 Å². The van der Waals surface area contributed by atoms with Crippen LogP contribution in [0, 0.1) is 18.8 Å². The number of nitrogens with one attached hydrogen (secondary N) is 1. The molecule has 1 aliphatic carbocycles. The van der Waals surface area contributed by atoms with Crippen LogP contribution in [0.15, 0.2) is 30.5 Å². The number of likely N-dealkylation sites (tertiary alicyclic amines) is 1. The number of nitrogens with zero attached hydrogens (tertiary/aromatic N) is 3. The van der Waals surface area contributed by atoms with Crippen LogP contribution in [0.3, 0.4) is 0 Å². The van der Waals surface area contributed by atoms with Gasteiger partial charge in [-0.3, -0.25) is 14.4 Å². The Kier molecular flexibility index (Phi) is 7.44. The van der Waals surface area contributed by atoms with Gasteiger partial charge in [-0.25, -0.2) is 0 Å². The largest absolute Gasteiger partial charge is 0.356 e. The zero-order chi connectivity index (χ0) is 21.6. The fourth-order valence-electron chi connectivity index (χ4n) is 4.57. The van der Waals surface area contributed by atoms with Crippen LogP contribution in [0.4, 0.5) is 0 Å². The molecule has 1 N–H and O–H groups in total. The molecule has 168 valence electrons. The molecule has 31 heavy (non-hydrogen) atoms. The van der Waals surface area contributed by atoms with Gasteiger partial charge < -0.3 is 5.32 Å². The van der Waals surface area contributed by atoms with Crippen LogP contribution < -0.4 is 5.32 Å². The molecule has 2 aliphatic rings. The lowest BCUT2D eigenvalue weighted by Gasteiger charge is -2.32. The van der Waals surface area contributed by atoms with Crippen LogP contribution in [-0.4, -0.2) is 40.2 Å². The lowest BCUT2D eigenvalue weighted by molar-refractivity contribution is -0.121. The molecule has 0 unspecified atom stereocenters.